The Morgan fingerprint density at radius 1 is 1.67 bits per heavy atom. The lowest BCUT2D eigenvalue weighted by molar-refractivity contribution is 1.14. The molecule has 0 bridgehead atoms. The average Bonchev–Trinajstić information content (AvgIpc) is 1.91. The molecule has 0 spiro atoms. The van der Waals surface area contributed by atoms with Crippen molar-refractivity contribution in [1.82, 2.24) is 0 Å². The van der Waals surface area contributed by atoms with Crippen molar-refractivity contribution in [3.63, 3.8) is 0 Å². The second kappa shape index (κ2) is 5.29. The largest absolute Gasteiger partial charge is 0.273 e. The van der Waals surface area contributed by atoms with Gasteiger partial charge in [-0.05, 0) is 26.1 Å². The van der Waals surface area contributed by atoms with E-state index in [0.717, 1.165) is 6.42 Å². The van der Waals surface area contributed by atoms with E-state index in [0.29, 0.717) is 0 Å². The van der Waals surface area contributed by atoms with Crippen molar-refractivity contribution in [3.05, 3.63) is 23.9 Å². The Balaban J connectivity index is 3.84. The molecule has 0 radical (unpaired) electrons. The second-order valence-corrected chi connectivity index (χ2v) is 1.72. The molecule has 0 unspecified atom stereocenters. The fourth-order valence-corrected chi connectivity index (χ4v) is 0.567. The Bertz CT molecular complexity index is 132. The predicted molar refractivity (Wildman–Crippen MR) is 42.7 cm³/mol. The fraction of sp³-hybridized carbons (Fsp3) is 0.375. The number of allylic oxidation sites excluding steroid dienone is 3. The van der Waals surface area contributed by atoms with Gasteiger partial charge < -0.3 is 0 Å². The topological polar surface area (TPSA) is 12.4 Å². The van der Waals surface area contributed by atoms with Crippen LogP contribution in [0.2, 0.25) is 0 Å². The first-order chi connectivity index (χ1) is 4.35. The van der Waals surface area contributed by atoms with Crippen molar-refractivity contribution in [3.8, 4) is 0 Å². The van der Waals surface area contributed by atoms with Gasteiger partial charge in [0.05, 0.1) is 0 Å². The number of aliphatic imine (C=N–C) groups is 1. The lowest BCUT2D eigenvalue weighted by Gasteiger charge is -1.90. The van der Waals surface area contributed by atoms with Crippen LogP contribution in [0.4, 0.5) is 0 Å². The number of hydrogen-bond acceptors (Lipinski definition) is 1. The van der Waals surface area contributed by atoms with Gasteiger partial charge >= 0.3 is 0 Å². The van der Waals surface area contributed by atoms with Gasteiger partial charge in [0.2, 0.25) is 0 Å². The van der Waals surface area contributed by atoms with Crippen LogP contribution in [0, 0.1) is 0 Å². The summed E-state index contributed by atoms with van der Waals surface area (Å²) in [7, 11) is 0. The van der Waals surface area contributed by atoms with Crippen LogP contribution in [-0.4, -0.2) is 6.72 Å². The highest BCUT2D eigenvalue weighted by Crippen LogP contribution is 2.00. The van der Waals surface area contributed by atoms with Crippen LogP contribution >= 0.6 is 0 Å². The summed E-state index contributed by atoms with van der Waals surface area (Å²) in [5.74, 6) is 0. The van der Waals surface area contributed by atoms with E-state index in [4.69, 9.17) is 0 Å². The molecule has 0 heterocycles. The monoisotopic (exact) mass is 123 g/mol. The van der Waals surface area contributed by atoms with Gasteiger partial charge in [0.1, 0.15) is 0 Å². The maximum atomic E-state index is 3.60. The van der Waals surface area contributed by atoms with Gasteiger partial charge in [-0.2, -0.15) is 0 Å². The molecular weight excluding hydrogens is 110 g/mol. The third kappa shape index (κ3) is 3.71. The maximum absolute atomic E-state index is 3.60. The fourth-order valence-electron chi connectivity index (χ4n) is 0.567. The van der Waals surface area contributed by atoms with Gasteiger partial charge in [0.25, 0.3) is 0 Å². The smallest absolute Gasteiger partial charge is 0.0263 e. The molecule has 1 heteroatoms. The molecule has 1 nitrogen and oxygen atoms in total. The van der Waals surface area contributed by atoms with Crippen LogP contribution in [0.15, 0.2) is 28.9 Å². The normalized spacial score (nSPS) is 12.4. The van der Waals surface area contributed by atoms with Crippen molar-refractivity contribution >= 4 is 6.72 Å². The van der Waals surface area contributed by atoms with E-state index in [2.05, 4.69) is 24.7 Å². The summed E-state index contributed by atoms with van der Waals surface area (Å²) in [5.41, 5.74) is 1.29. The van der Waals surface area contributed by atoms with Gasteiger partial charge in [0.15, 0.2) is 0 Å². The summed E-state index contributed by atoms with van der Waals surface area (Å²) in [6, 6.07) is 0. The molecule has 0 aliphatic heterocycles. The molecule has 0 aromatic heterocycles. The van der Waals surface area contributed by atoms with E-state index in [-0.39, 0.29) is 0 Å². The van der Waals surface area contributed by atoms with Crippen molar-refractivity contribution in [2.24, 2.45) is 4.99 Å². The van der Waals surface area contributed by atoms with Crippen molar-refractivity contribution in [2.45, 2.75) is 20.3 Å². The van der Waals surface area contributed by atoms with Crippen LogP contribution in [0.1, 0.15) is 20.3 Å². The molecule has 0 N–H and O–H groups in total. The summed E-state index contributed by atoms with van der Waals surface area (Å²) in [5, 5.41) is 0. The summed E-state index contributed by atoms with van der Waals surface area (Å²) in [4.78, 5) is 3.60. The van der Waals surface area contributed by atoms with Gasteiger partial charge in [-0.1, -0.05) is 18.6 Å². The van der Waals surface area contributed by atoms with E-state index in [1.807, 2.05) is 13.0 Å². The molecule has 50 valence electrons. The Kier molecular flexibility index (Phi) is 4.79. The molecule has 0 atom stereocenters. The van der Waals surface area contributed by atoms with Crippen molar-refractivity contribution < 1.29 is 0 Å². The van der Waals surface area contributed by atoms with E-state index in [1.165, 1.54) is 5.57 Å². The highest BCUT2D eigenvalue weighted by atomic mass is 14.6. The summed E-state index contributed by atoms with van der Waals surface area (Å²) < 4.78 is 0. The zero-order chi connectivity index (χ0) is 7.11. The first-order valence-electron chi connectivity index (χ1n) is 3.12. The molecule has 0 fully saturated rings. The highest BCUT2D eigenvalue weighted by molar-refractivity contribution is 5.27. The molecule has 0 rings (SSSR count). The Labute approximate surface area is 56.8 Å². The molecule has 9 heavy (non-hydrogen) atoms. The van der Waals surface area contributed by atoms with Gasteiger partial charge in [0, 0.05) is 6.20 Å². The first-order valence-corrected chi connectivity index (χ1v) is 3.12. The number of nitrogens with zero attached hydrogens (tertiary/aromatic N) is 1. The van der Waals surface area contributed by atoms with Crippen LogP contribution in [0.5, 0.6) is 0 Å². The molecular formula is C8H13N. The minimum absolute atomic E-state index is 1.06. The third-order valence-corrected chi connectivity index (χ3v) is 1.17. The van der Waals surface area contributed by atoms with Crippen LogP contribution < -0.4 is 0 Å². The van der Waals surface area contributed by atoms with Crippen LogP contribution in [-0.2, 0) is 0 Å². The highest BCUT2D eigenvalue weighted by Gasteiger charge is 1.80. The first kappa shape index (κ1) is 8.15. The third-order valence-electron chi connectivity index (χ3n) is 1.17. The molecule has 0 saturated heterocycles. The molecule has 0 saturated carbocycles. The zero-order valence-corrected chi connectivity index (χ0v) is 6.09. The average molecular weight is 123 g/mol. The minimum Gasteiger partial charge on any atom is -0.273 e. The molecule has 0 aromatic rings. The zero-order valence-electron chi connectivity index (χ0n) is 6.09. The van der Waals surface area contributed by atoms with Crippen LogP contribution in [0.25, 0.3) is 0 Å². The summed E-state index contributed by atoms with van der Waals surface area (Å²) >= 11 is 0. The maximum Gasteiger partial charge on any atom is 0.0263 e. The van der Waals surface area contributed by atoms with Crippen LogP contribution in [0.3, 0.4) is 0 Å². The van der Waals surface area contributed by atoms with Gasteiger partial charge in [-0.25, -0.2) is 0 Å². The Morgan fingerprint density at radius 3 is 2.67 bits per heavy atom. The van der Waals surface area contributed by atoms with Gasteiger partial charge in [-0.3, -0.25) is 4.99 Å². The number of hydrogen-bond donors (Lipinski definition) is 0. The standard InChI is InChI=1S/C8H13N/c1-4-8(5-2)6-7-9-3/h4,6-7H,3,5H2,1-2H3. The quantitative estimate of drug-likeness (QED) is 0.404. The van der Waals surface area contributed by atoms with E-state index < -0.39 is 0 Å². The molecule has 0 aliphatic carbocycles. The summed E-state index contributed by atoms with van der Waals surface area (Å²) in [6.45, 7) is 7.47. The van der Waals surface area contributed by atoms with E-state index >= 15 is 0 Å². The molecule has 0 aromatic carbocycles. The number of rotatable bonds is 3. The predicted octanol–water partition coefficient (Wildman–Crippen LogP) is 2.56. The van der Waals surface area contributed by atoms with E-state index in [9.17, 15) is 0 Å². The summed E-state index contributed by atoms with van der Waals surface area (Å²) in [6.07, 6.45) is 6.80. The van der Waals surface area contributed by atoms with Crippen molar-refractivity contribution in [1.29, 1.82) is 0 Å². The lowest BCUT2D eigenvalue weighted by atomic mass is 10.2. The van der Waals surface area contributed by atoms with Crippen molar-refractivity contribution in [2.75, 3.05) is 0 Å². The minimum atomic E-state index is 1.06. The second-order valence-electron chi connectivity index (χ2n) is 1.72. The lowest BCUT2D eigenvalue weighted by Crippen LogP contribution is -1.70. The Morgan fingerprint density at radius 2 is 2.33 bits per heavy atom. The molecule has 0 aliphatic rings. The SMILES string of the molecule is C=NC=CC(=CC)CC. The van der Waals surface area contributed by atoms with E-state index in [1.54, 1.807) is 6.20 Å². The van der Waals surface area contributed by atoms with Gasteiger partial charge in [-0.15, -0.1) is 0 Å². The Hall–Kier alpha value is -0.850. The molecule has 0 amide bonds.